The van der Waals surface area contributed by atoms with Crippen LogP contribution < -0.4 is 15.6 Å². The first-order valence-electron chi connectivity index (χ1n) is 10.1. The SMILES string of the molecule is C=C(CN1C(=O)CCc2ccccc21)Nc1[nH]cc(Br)c1C(=C)N/N=C\C(C)CC. The summed E-state index contributed by atoms with van der Waals surface area (Å²) in [6.07, 6.45) is 6.02. The number of H-pyrrole nitrogens is 1. The first-order chi connectivity index (χ1) is 14.4. The van der Waals surface area contributed by atoms with Crippen LogP contribution in [0.2, 0.25) is 0 Å². The highest BCUT2D eigenvalue weighted by Gasteiger charge is 2.24. The van der Waals surface area contributed by atoms with Crippen molar-refractivity contribution in [3.8, 4) is 0 Å². The van der Waals surface area contributed by atoms with Gasteiger partial charge in [0.25, 0.3) is 0 Å². The summed E-state index contributed by atoms with van der Waals surface area (Å²) in [6, 6.07) is 8.01. The molecule has 158 valence electrons. The number of hydrogen-bond acceptors (Lipinski definition) is 4. The number of nitrogens with zero attached hydrogens (tertiary/aromatic N) is 2. The number of aromatic amines is 1. The molecule has 0 saturated carbocycles. The number of fused-ring (bicyclic) bond motifs is 1. The van der Waals surface area contributed by atoms with Crippen LogP contribution in [0, 0.1) is 5.92 Å². The zero-order valence-electron chi connectivity index (χ0n) is 17.5. The first kappa shape index (κ1) is 21.9. The molecule has 30 heavy (non-hydrogen) atoms. The standard InChI is InChI=1S/C23H28BrN5O/c1-5-15(2)12-26-28-17(4)22-19(24)13-25-23(22)27-16(3)14-29-20-9-7-6-8-18(20)10-11-21(29)30/h6-9,12-13,15,25,27-28H,3-5,10-11,14H2,1-2H3/b26-12-. The fourth-order valence-corrected chi connectivity index (χ4v) is 3.83. The topological polar surface area (TPSA) is 72.5 Å². The fraction of sp³-hybridized carbons (Fsp3) is 0.304. The van der Waals surface area contributed by atoms with E-state index in [4.69, 9.17) is 0 Å². The van der Waals surface area contributed by atoms with Crippen LogP contribution in [0.15, 0.2) is 58.9 Å². The second-order valence-corrected chi connectivity index (χ2v) is 8.33. The predicted molar refractivity (Wildman–Crippen MR) is 128 cm³/mol. The van der Waals surface area contributed by atoms with Crippen molar-refractivity contribution in [2.45, 2.75) is 33.1 Å². The molecule has 0 saturated heterocycles. The highest BCUT2D eigenvalue weighted by Crippen LogP contribution is 2.31. The van der Waals surface area contributed by atoms with E-state index in [9.17, 15) is 4.79 Å². The Hall–Kier alpha value is -2.80. The number of carbonyl (C=O) groups excluding carboxylic acids is 1. The smallest absolute Gasteiger partial charge is 0.227 e. The molecule has 0 radical (unpaired) electrons. The summed E-state index contributed by atoms with van der Waals surface area (Å²) in [5.41, 5.74) is 7.32. The maximum absolute atomic E-state index is 12.5. The lowest BCUT2D eigenvalue weighted by Gasteiger charge is -2.30. The number of hydrogen-bond donors (Lipinski definition) is 3. The molecular weight excluding hydrogens is 442 g/mol. The van der Waals surface area contributed by atoms with Crippen LogP contribution >= 0.6 is 15.9 Å². The van der Waals surface area contributed by atoms with Gasteiger partial charge < -0.3 is 15.2 Å². The number of amides is 1. The molecule has 1 aliphatic heterocycles. The number of anilines is 2. The van der Waals surface area contributed by atoms with Crippen molar-refractivity contribution in [3.05, 3.63) is 64.9 Å². The third-order valence-corrected chi connectivity index (χ3v) is 5.77. The Balaban J connectivity index is 1.70. The van der Waals surface area contributed by atoms with Crippen molar-refractivity contribution in [3.63, 3.8) is 0 Å². The van der Waals surface area contributed by atoms with Crippen molar-refractivity contribution < 1.29 is 4.79 Å². The Kier molecular flexibility index (Phi) is 7.15. The molecule has 2 aromatic rings. The molecule has 3 rings (SSSR count). The summed E-state index contributed by atoms with van der Waals surface area (Å²) in [4.78, 5) is 17.5. The van der Waals surface area contributed by atoms with E-state index in [0.29, 0.717) is 30.3 Å². The molecule has 0 spiro atoms. The van der Waals surface area contributed by atoms with Crippen molar-refractivity contribution in [2.75, 3.05) is 16.8 Å². The van der Waals surface area contributed by atoms with E-state index < -0.39 is 0 Å². The van der Waals surface area contributed by atoms with Crippen molar-refractivity contribution in [1.82, 2.24) is 10.4 Å². The van der Waals surface area contributed by atoms with E-state index in [1.165, 1.54) is 5.56 Å². The van der Waals surface area contributed by atoms with Crippen LogP contribution in [0.3, 0.4) is 0 Å². The maximum Gasteiger partial charge on any atom is 0.227 e. The molecule has 0 aliphatic carbocycles. The van der Waals surface area contributed by atoms with Crippen LogP contribution in [0.1, 0.15) is 37.8 Å². The minimum atomic E-state index is 0.106. The zero-order valence-corrected chi connectivity index (χ0v) is 19.1. The number of hydrazone groups is 1. The number of halogens is 1. The Labute approximate surface area is 186 Å². The number of carbonyl (C=O) groups is 1. The van der Waals surface area contributed by atoms with Gasteiger partial charge in [-0.05, 0) is 46.3 Å². The molecule has 3 N–H and O–H groups in total. The van der Waals surface area contributed by atoms with E-state index in [-0.39, 0.29) is 5.91 Å². The minimum absolute atomic E-state index is 0.106. The highest BCUT2D eigenvalue weighted by molar-refractivity contribution is 9.10. The van der Waals surface area contributed by atoms with Gasteiger partial charge in [0.15, 0.2) is 0 Å². The van der Waals surface area contributed by atoms with Crippen LogP contribution in [0.25, 0.3) is 5.70 Å². The van der Waals surface area contributed by atoms with Crippen molar-refractivity contribution in [1.29, 1.82) is 0 Å². The summed E-state index contributed by atoms with van der Waals surface area (Å²) in [6.45, 7) is 12.8. The Bertz CT molecular complexity index is 978. The van der Waals surface area contributed by atoms with E-state index in [0.717, 1.165) is 34.4 Å². The van der Waals surface area contributed by atoms with Gasteiger partial charge in [-0.25, -0.2) is 0 Å². The second kappa shape index (κ2) is 9.80. The molecule has 1 aromatic carbocycles. The van der Waals surface area contributed by atoms with Crippen LogP contribution in [0.5, 0.6) is 0 Å². The lowest BCUT2D eigenvalue weighted by atomic mass is 10.0. The number of para-hydroxylation sites is 1. The number of rotatable bonds is 9. The molecule has 1 atom stereocenters. The molecule has 1 aliphatic rings. The van der Waals surface area contributed by atoms with Gasteiger partial charge in [-0.3, -0.25) is 10.2 Å². The Morgan fingerprint density at radius 3 is 2.90 bits per heavy atom. The number of aromatic nitrogens is 1. The van der Waals surface area contributed by atoms with E-state index in [2.05, 4.69) is 69.8 Å². The third-order valence-electron chi connectivity index (χ3n) is 5.15. The number of aryl methyl sites for hydroxylation is 1. The van der Waals surface area contributed by atoms with E-state index >= 15 is 0 Å². The molecule has 1 unspecified atom stereocenters. The van der Waals surface area contributed by atoms with Crippen molar-refractivity contribution in [2.24, 2.45) is 11.0 Å². The van der Waals surface area contributed by atoms with Crippen molar-refractivity contribution >= 4 is 45.3 Å². The van der Waals surface area contributed by atoms with Crippen LogP contribution in [0.4, 0.5) is 11.5 Å². The Morgan fingerprint density at radius 2 is 2.13 bits per heavy atom. The zero-order chi connectivity index (χ0) is 21.7. The first-order valence-corrected chi connectivity index (χ1v) is 10.9. The van der Waals surface area contributed by atoms with E-state index in [1.54, 1.807) is 4.90 Å². The summed E-state index contributed by atoms with van der Waals surface area (Å²) >= 11 is 3.55. The molecule has 0 fully saturated rings. The van der Waals surface area contributed by atoms with Crippen LogP contribution in [-0.4, -0.2) is 23.7 Å². The van der Waals surface area contributed by atoms with Crippen LogP contribution in [-0.2, 0) is 11.2 Å². The second-order valence-electron chi connectivity index (χ2n) is 7.48. The van der Waals surface area contributed by atoms with Gasteiger partial charge in [0.2, 0.25) is 5.91 Å². The Morgan fingerprint density at radius 1 is 1.37 bits per heavy atom. The van der Waals surface area contributed by atoms with Gasteiger partial charge >= 0.3 is 0 Å². The minimum Gasteiger partial charge on any atom is -0.346 e. The number of nitrogens with one attached hydrogen (secondary N) is 3. The van der Waals surface area contributed by atoms with Gasteiger partial charge in [0, 0.05) is 34.7 Å². The summed E-state index contributed by atoms with van der Waals surface area (Å²) in [5.74, 6) is 1.23. The number of benzene rings is 1. The highest BCUT2D eigenvalue weighted by atomic mass is 79.9. The van der Waals surface area contributed by atoms with Gasteiger partial charge in [0.1, 0.15) is 5.82 Å². The lowest BCUT2D eigenvalue weighted by molar-refractivity contribution is -0.118. The maximum atomic E-state index is 12.5. The van der Waals surface area contributed by atoms with Gasteiger partial charge in [-0.15, -0.1) is 0 Å². The normalized spacial score (nSPS) is 14.5. The average molecular weight is 470 g/mol. The van der Waals surface area contributed by atoms with E-state index in [1.807, 2.05) is 30.6 Å². The molecule has 1 aromatic heterocycles. The summed E-state index contributed by atoms with van der Waals surface area (Å²) in [5, 5.41) is 7.57. The molecule has 0 bridgehead atoms. The largest absolute Gasteiger partial charge is 0.346 e. The molecule has 1 amide bonds. The average Bonchev–Trinajstić information content (AvgIpc) is 3.09. The van der Waals surface area contributed by atoms with Gasteiger partial charge in [-0.1, -0.05) is 45.2 Å². The third kappa shape index (κ3) is 5.02. The molecule has 7 heteroatoms. The molecule has 6 nitrogen and oxygen atoms in total. The summed E-state index contributed by atoms with van der Waals surface area (Å²) in [7, 11) is 0. The lowest BCUT2D eigenvalue weighted by Crippen LogP contribution is -2.37. The fourth-order valence-electron chi connectivity index (χ4n) is 3.27. The monoisotopic (exact) mass is 469 g/mol. The predicted octanol–water partition coefficient (Wildman–Crippen LogP) is 5.27. The van der Waals surface area contributed by atoms with Gasteiger partial charge in [0.05, 0.1) is 17.8 Å². The quantitative estimate of drug-likeness (QED) is 0.345. The molecule has 2 heterocycles. The molecular formula is C23H28BrN5O. The summed E-state index contributed by atoms with van der Waals surface area (Å²) < 4.78 is 0.855. The van der Waals surface area contributed by atoms with Gasteiger partial charge in [-0.2, -0.15) is 5.10 Å².